The Morgan fingerprint density at radius 1 is 1.41 bits per heavy atom. The SMILES string of the molecule is Cl.NCCN1CCNCC1c1ccccc1Cl. The molecule has 0 spiro atoms. The zero-order chi connectivity index (χ0) is 11.4. The van der Waals surface area contributed by atoms with Gasteiger partial charge < -0.3 is 11.1 Å². The molecule has 0 aromatic heterocycles. The standard InChI is InChI=1S/C12H18ClN3.ClH/c13-11-4-2-1-3-10(11)12-9-15-6-8-16(12)7-5-14;/h1-4,12,15H,5-9,14H2;1H. The van der Waals surface area contributed by atoms with Crippen molar-refractivity contribution in [2.75, 3.05) is 32.7 Å². The highest BCUT2D eigenvalue weighted by Crippen LogP contribution is 2.27. The second-order valence-corrected chi connectivity index (χ2v) is 4.47. The summed E-state index contributed by atoms with van der Waals surface area (Å²) in [6.07, 6.45) is 0. The highest BCUT2D eigenvalue weighted by molar-refractivity contribution is 6.31. The molecule has 1 aliphatic heterocycles. The molecule has 3 nitrogen and oxygen atoms in total. The van der Waals surface area contributed by atoms with Gasteiger partial charge in [-0.05, 0) is 11.6 Å². The first-order valence-corrected chi connectivity index (χ1v) is 6.10. The van der Waals surface area contributed by atoms with Crippen LogP contribution < -0.4 is 11.1 Å². The first-order valence-electron chi connectivity index (χ1n) is 5.72. The van der Waals surface area contributed by atoms with E-state index in [1.807, 2.05) is 18.2 Å². The van der Waals surface area contributed by atoms with Crippen molar-refractivity contribution in [2.45, 2.75) is 6.04 Å². The highest BCUT2D eigenvalue weighted by atomic mass is 35.5. The molecule has 3 N–H and O–H groups in total. The molecule has 1 unspecified atom stereocenters. The Balaban J connectivity index is 0.00000144. The Morgan fingerprint density at radius 2 is 2.18 bits per heavy atom. The van der Waals surface area contributed by atoms with E-state index < -0.39 is 0 Å². The monoisotopic (exact) mass is 275 g/mol. The number of nitrogens with zero attached hydrogens (tertiary/aromatic N) is 1. The minimum atomic E-state index is 0. The summed E-state index contributed by atoms with van der Waals surface area (Å²) in [6, 6.07) is 8.41. The highest BCUT2D eigenvalue weighted by Gasteiger charge is 2.24. The number of piperazine rings is 1. The molecule has 1 atom stereocenters. The number of hydrogen-bond acceptors (Lipinski definition) is 3. The molecule has 96 valence electrons. The van der Waals surface area contributed by atoms with Crippen molar-refractivity contribution in [3.8, 4) is 0 Å². The normalized spacial score (nSPS) is 20.9. The Hall–Kier alpha value is -0.320. The van der Waals surface area contributed by atoms with Crippen LogP contribution >= 0.6 is 24.0 Å². The molecular formula is C12H19Cl2N3. The smallest absolute Gasteiger partial charge is 0.0488 e. The predicted molar refractivity (Wildman–Crippen MR) is 74.9 cm³/mol. The van der Waals surface area contributed by atoms with Crippen LogP contribution in [-0.2, 0) is 0 Å². The summed E-state index contributed by atoms with van der Waals surface area (Å²) in [5, 5.41) is 4.25. The lowest BCUT2D eigenvalue weighted by Gasteiger charge is -2.36. The van der Waals surface area contributed by atoms with Crippen molar-refractivity contribution in [1.29, 1.82) is 0 Å². The Morgan fingerprint density at radius 3 is 2.88 bits per heavy atom. The largest absolute Gasteiger partial charge is 0.329 e. The lowest BCUT2D eigenvalue weighted by molar-refractivity contribution is 0.167. The lowest BCUT2D eigenvalue weighted by atomic mass is 10.0. The van der Waals surface area contributed by atoms with Gasteiger partial charge in [0.15, 0.2) is 0 Å². The molecule has 1 aliphatic rings. The molecular weight excluding hydrogens is 257 g/mol. The molecule has 1 aromatic rings. The van der Waals surface area contributed by atoms with Gasteiger partial charge in [0.2, 0.25) is 0 Å². The van der Waals surface area contributed by atoms with Crippen molar-refractivity contribution in [3.05, 3.63) is 34.9 Å². The number of nitrogens with two attached hydrogens (primary N) is 1. The summed E-state index contributed by atoms with van der Waals surface area (Å²) in [5.41, 5.74) is 6.84. The molecule has 0 radical (unpaired) electrons. The maximum absolute atomic E-state index is 6.24. The number of benzene rings is 1. The zero-order valence-electron chi connectivity index (χ0n) is 9.73. The van der Waals surface area contributed by atoms with E-state index >= 15 is 0 Å². The van der Waals surface area contributed by atoms with Gasteiger partial charge in [0, 0.05) is 43.8 Å². The Kier molecular flexibility index (Phi) is 6.23. The van der Waals surface area contributed by atoms with E-state index in [-0.39, 0.29) is 12.4 Å². The Labute approximate surface area is 114 Å². The second kappa shape index (κ2) is 7.19. The quantitative estimate of drug-likeness (QED) is 0.882. The number of halogens is 2. The van der Waals surface area contributed by atoms with Crippen LogP contribution in [0.5, 0.6) is 0 Å². The average Bonchev–Trinajstić information content (AvgIpc) is 2.31. The molecule has 17 heavy (non-hydrogen) atoms. The summed E-state index contributed by atoms with van der Waals surface area (Å²) in [6.45, 7) is 4.64. The molecule has 1 saturated heterocycles. The third kappa shape index (κ3) is 3.57. The zero-order valence-corrected chi connectivity index (χ0v) is 11.3. The average molecular weight is 276 g/mol. The van der Waals surface area contributed by atoms with Crippen LogP contribution in [0.1, 0.15) is 11.6 Å². The third-order valence-electron chi connectivity index (χ3n) is 3.03. The first-order chi connectivity index (χ1) is 7.83. The van der Waals surface area contributed by atoms with E-state index in [0.717, 1.165) is 31.2 Å². The van der Waals surface area contributed by atoms with E-state index in [1.54, 1.807) is 0 Å². The van der Waals surface area contributed by atoms with Crippen molar-refractivity contribution in [1.82, 2.24) is 10.2 Å². The van der Waals surface area contributed by atoms with Crippen LogP contribution in [0.3, 0.4) is 0 Å². The van der Waals surface area contributed by atoms with Crippen molar-refractivity contribution in [3.63, 3.8) is 0 Å². The molecule has 0 saturated carbocycles. The van der Waals surface area contributed by atoms with E-state index in [0.29, 0.717) is 12.6 Å². The van der Waals surface area contributed by atoms with Crippen molar-refractivity contribution >= 4 is 24.0 Å². The molecule has 5 heteroatoms. The number of rotatable bonds is 3. The molecule has 1 heterocycles. The van der Waals surface area contributed by atoms with Crippen LogP contribution in [0, 0.1) is 0 Å². The maximum Gasteiger partial charge on any atom is 0.0488 e. The third-order valence-corrected chi connectivity index (χ3v) is 3.38. The summed E-state index contributed by atoms with van der Waals surface area (Å²) >= 11 is 6.24. The minimum absolute atomic E-state index is 0. The lowest BCUT2D eigenvalue weighted by Crippen LogP contribution is -2.47. The predicted octanol–water partition coefficient (Wildman–Crippen LogP) is 1.67. The summed E-state index contributed by atoms with van der Waals surface area (Å²) in [7, 11) is 0. The number of nitrogens with one attached hydrogen (secondary N) is 1. The number of hydrogen-bond donors (Lipinski definition) is 2. The van der Waals surface area contributed by atoms with Crippen LogP contribution in [0.15, 0.2) is 24.3 Å². The van der Waals surface area contributed by atoms with Gasteiger partial charge in [0.05, 0.1) is 0 Å². The topological polar surface area (TPSA) is 41.3 Å². The van der Waals surface area contributed by atoms with Gasteiger partial charge >= 0.3 is 0 Å². The van der Waals surface area contributed by atoms with Gasteiger partial charge in [0.1, 0.15) is 0 Å². The first kappa shape index (κ1) is 14.7. The van der Waals surface area contributed by atoms with Gasteiger partial charge in [-0.3, -0.25) is 4.90 Å². The molecule has 2 rings (SSSR count). The summed E-state index contributed by atoms with van der Waals surface area (Å²) in [4.78, 5) is 2.40. The van der Waals surface area contributed by atoms with Gasteiger partial charge in [-0.15, -0.1) is 12.4 Å². The fraction of sp³-hybridized carbons (Fsp3) is 0.500. The molecule has 0 amide bonds. The van der Waals surface area contributed by atoms with Gasteiger partial charge in [-0.1, -0.05) is 29.8 Å². The van der Waals surface area contributed by atoms with Crippen LogP contribution in [-0.4, -0.2) is 37.6 Å². The fourth-order valence-corrected chi connectivity index (χ4v) is 2.49. The van der Waals surface area contributed by atoms with E-state index in [9.17, 15) is 0 Å². The summed E-state index contributed by atoms with van der Waals surface area (Å²) in [5.74, 6) is 0. The Bertz CT molecular complexity index is 344. The minimum Gasteiger partial charge on any atom is -0.329 e. The van der Waals surface area contributed by atoms with E-state index in [1.165, 1.54) is 5.56 Å². The van der Waals surface area contributed by atoms with Gasteiger partial charge in [-0.25, -0.2) is 0 Å². The summed E-state index contributed by atoms with van der Waals surface area (Å²) < 4.78 is 0. The molecule has 0 aliphatic carbocycles. The fourth-order valence-electron chi connectivity index (χ4n) is 2.23. The van der Waals surface area contributed by atoms with E-state index in [4.69, 9.17) is 17.3 Å². The van der Waals surface area contributed by atoms with Crippen molar-refractivity contribution < 1.29 is 0 Å². The second-order valence-electron chi connectivity index (χ2n) is 4.07. The van der Waals surface area contributed by atoms with Crippen molar-refractivity contribution in [2.24, 2.45) is 5.73 Å². The maximum atomic E-state index is 6.24. The van der Waals surface area contributed by atoms with Gasteiger partial charge in [0.25, 0.3) is 0 Å². The molecule has 1 fully saturated rings. The van der Waals surface area contributed by atoms with Crippen LogP contribution in [0.25, 0.3) is 0 Å². The van der Waals surface area contributed by atoms with Gasteiger partial charge in [-0.2, -0.15) is 0 Å². The van der Waals surface area contributed by atoms with Crippen LogP contribution in [0.4, 0.5) is 0 Å². The van der Waals surface area contributed by atoms with Crippen LogP contribution in [0.2, 0.25) is 5.02 Å². The molecule has 0 bridgehead atoms. The van der Waals surface area contributed by atoms with E-state index in [2.05, 4.69) is 16.3 Å². The molecule has 1 aromatic carbocycles.